The van der Waals surface area contributed by atoms with Crippen LogP contribution in [0.4, 0.5) is 0 Å². The van der Waals surface area contributed by atoms with Crippen LogP contribution in [-0.2, 0) is 0 Å². The Labute approximate surface area is 172 Å². The molecule has 2 aromatic heterocycles. The van der Waals surface area contributed by atoms with Crippen molar-refractivity contribution in [1.82, 2.24) is 9.55 Å². The molecule has 4 bridgehead atoms. The first kappa shape index (κ1) is 17.4. The first-order valence-electron chi connectivity index (χ1n) is 11.1. The Morgan fingerprint density at radius 2 is 1.55 bits per heavy atom. The first-order valence-corrected chi connectivity index (χ1v) is 11.1. The number of hydrogen-bond donors (Lipinski definition) is 0. The van der Waals surface area contributed by atoms with Gasteiger partial charge in [0.2, 0.25) is 5.91 Å². The van der Waals surface area contributed by atoms with Crippen LogP contribution in [0, 0.1) is 37.0 Å². The molecule has 0 unspecified atom stereocenters. The predicted molar refractivity (Wildman–Crippen MR) is 116 cm³/mol. The third kappa shape index (κ3) is 2.49. The fourth-order valence-electron chi connectivity index (χ4n) is 7.16. The van der Waals surface area contributed by atoms with Gasteiger partial charge in [0.1, 0.15) is 5.65 Å². The van der Waals surface area contributed by atoms with Crippen LogP contribution in [0.2, 0.25) is 0 Å². The van der Waals surface area contributed by atoms with Crippen molar-refractivity contribution >= 4 is 16.9 Å². The second-order valence-electron chi connectivity index (χ2n) is 10.0. The molecule has 2 heterocycles. The Morgan fingerprint density at radius 1 is 0.931 bits per heavy atom. The van der Waals surface area contributed by atoms with Gasteiger partial charge in [0, 0.05) is 11.1 Å². The van der Waals surface area contributed by atoms with E-state index in [4.69, 9.17) is 4.98 Å². The molecule has 0 aliphatic heterocycles. The molecule has 0 saturated heterocycles. The van der Waals surface area contributed by atoms with Gasteiger partial charge in [0.15, 0.2) is 0 Å². The molecule has 148 valence electrons. The van der Waals surface area contributed by atoms with Crippen molar-refractivity contribution in [3.63, 3.8) is 0 Å². The first-order chi connectivity index (χ1) is 14.0. The van der Waals surface area contributed by atoms with Crippen molar-refractivity contribution < 1.29 is 4.79 Å². The number of nitrogens with zero attached hydrogens (tertiary/aromatic N) is 2. The summed E-state index contributed by atoms with van der Waals surface area (Å²) in [5, 5.41) is 1.10. The molecular weight excluding hydrogens is 356 g/mol. The molecule has 4 aliphatic carbocycles. The Hall–Kier alpha value is -2.42. The van der Waals surface area contributed by atoms with Crippen molar-refractivity contribution in [1.29, 1.82) is 0 Å². The minimum absolute atomic E-state index is 0.178. The van der Waals surface area contributed by atoms with Gasteiger partial charge in [-0.2, -0.15) is 0 Å². The summed E-state index contributed by atoms with van der Waals surface area (Å²) in [5.41, 5.74) is 4.95. The van der Waals surface area contributed by atoms with Crippen LogP contribution in [0.15, 0.2) is 42.5 Å². The molecule has 0 spiro atoms. The van der Waals surface area contributed by atoms with Crippen molar-refractivity contribution in [2.75, 3.05) is 0 Å². The molecule has 3 aromatic rings. The van der Waals surface area contributed by atoms with Crippen LogP contribution in [0.5, 0.6) is 0 Å². The smallest absolute Gasteiger partial charge is 0.239 e. The molecule has 4 fully saturated rings. The molecule has 4 aliphatic rings. The zero-order chi connectivity index (χ0) is 19.8. The molecule has 3 nitrogen and oxygen atoms in total. The molecule has 7 rings (SSSR count). The lowest BCUT2D eigenvalue weighted by molar-refractivity contribution is -0.0397. The van der Waals surface area contributed by atoms with E-state index in [2.05, 4.69) is 43.3 Å². The van der Waals surface area contributed by atoms with Gasteiger partial charge in [-0.1, -0.05) is 30.3 Å². The van der Waals surface area contributed by atoms with E-state index in [0.717, 1.165) is 70.6 Å². The van der Waals surface area contributed by atoms with E-state index in [1.54, 1.807) is 0 Å². The van der Waals surface area contributed by atoms with E-state index >= 15 is 0 Å². The monoisotopic (exact) mass is 384 g/mol. The Balaban J connectivity index is 1.59. The summed E-state index contributed by atoms with van der Waals surface area (Å²) < 4.78 is 2.01. The maximum Gasteiger partial charge on any atom is 0.239 e. The summed E-state index contributed by atoms with van der Waals surface area (Å²) in [6, 6.07) is 14.6. The highest BCUT2D eigenvalue weighted by atomic mass is 16.2. The van der Waals surface area contributed by atoms with Crippen LogP contribution in [0.3, 0.4) is 0 Å². The number of aromatic nitrogens is 2. The van der Waals surface area contributed by atoms with Gasteiger partial charge in [0.25, 0.3) is 0 Å². The molecule has 29 heavy (non-hydrogen) atoms. The van der Waals surface area contributed by atoms with Crippen molar-refractivity contribution in [2.24, 2.45) is 23.2 Å². The van der Waals surface area contributed by atoms with Gasteiger partial charge in [-0.3, -0.25) is 9.36 Å². The molecule has 3 heteroatoms. The van der Waals surface area contributed by atoms with Gasteiger partial charge >= 0.3 is 0 Å². The third-order valence-corrected chi connectivity index (χ3v) is 7.95. The van der Waals surface area contributed by atoms with Gasteiger partial charge in [0.05, 0.1) is 11.1 Å². The second kappa shape index (κ2) is 6.04. The number of aryl methyl sites for hydroxylation is 2. The maximum atomic E-state index is 14.4. The lowest BCUT2D eigenvalue weighted by Gasteiger charge is -2.55. The summed E-state index contributed by atoms with van der Waals surface area (Å²) in [5.74, 6) is 2.57. The molecular formula is C26H28N2O. The molecule has 1 aromatic carbocycles. The standard InChI is InChI=1S/C26H28N2O/c1-16-8-9-22-17(2)23(21-6-4-3-5-7-21)28(24(22)27-16)25(29)26-13-18-10-19(14-26)12-20(11-18)15-26/h3-9,18-20H,10-15H2,1-2H3. The van der Waals surface area contributed by atoms with Crippen molar-refractivity contribution in [3.8, 4) is 11.3 Å². The highest BCUT2D eigenvalue weighted by Gasteiger charge is 2.55. The van der Waals surface area contributed by atoms with E-state index in [0.29, 0.717) is 5.91 Å². The Bertz CT molecular complexity index is 1090. The second-order valence-corrected chi connectivity index (χ2v) is 10.0. The number of rotatable bonds is 2. The summed E-state index contributed by atoms with van der Waals surface area (Å²) in [7, 11) is 0. The number of pyridine rings is 1. The fourth-order valence-corrected chi connectivity index (χ4v) is 7.16. The largest absolute Gasteiger partial charge is 0.273 e. The fraction of sp³-hybridized carbons (Fsp3) is 0.462. The highest BCUT2D eigenvalue weighted by molar-refractivity contribution is 6.01. The number of benzene rings is 1. The van der Waals surface area contributed by atoms with Crippen LogP contribution in [0.1, 0.15) is 54.6 Å². The van der Waals surface area contributed by atoms with Gasteiger partial charge in [-0.25, -0.2) is 4.98 Å². The van der Waals surface area contributed by atoms with Crippen LogP contribution < -0.4 is 0 Å². The topological polar surface area (TPSA) is 34.9 Å². The molecule has 4 saturated carbocycles. The summed E-state index contributed by atoms with van der Waals surface area (Å²) >= 11 is 0. The third-order valence-electron chi connectivity index (χ3n) is 7.95. The number of carbonyl (C=O) groups is 1. The highest BCUT2D eigenvalue weighted by Crippen LogP contribution is 2.61. The Kier molecular flexibility index (Phi) is 3.63. The molecule has 0 amide bonds. The maximum absolute atomic E-state index is 14.4. The van der Waals surface area contributed by atoms with E-state index in [9.17, 15) is 4.79 Å². The van der Waals surface area contributed by atoms with Crippen LogP contribution in [0.25, 0.3) is 22.3 Å². The average molecular weight is 385 g/mol. The molecule has 0 atom stereocenters. The SMILES string of the molecule is Cc1ccc2c(C)c(-c3ccccc3)n(C(=O)C34CC5CC(CC(C5)C3)C4)c2n1. The summed E-state index contributed by atoms with van der Waals surface area (Å²) in [6.07, 6.45) is 7.28. The predicted octanol–water partition coefficient (Wildman–Crippen LogP) is 6.18. The van der Waals surface area contributed by atoms with Crippen molar-refractivity contribution in [3.05, 3.63) is 53.7 Å². The summed E-state index contributed by atoms with van der Waals surface area (Å²) in [4.78, 5) is 19.2. The zero-order valence-electron chi connectivity index (χ0n) is 17.3. The van der Waals surface area contributed by atoms with E-state index in [-0.39, 0.29) is 5.41 Å². The van der Waals surface area contributed by atoms with Crippen LogP contribution in [-0.4, -0.2) is 15.5 Å². The average Bonchev–Trinajstić information content (AvgIpc) is 2.98. The van der Waals surface area contributed by atoms with Crippen LogP contribution >= 0.6 is 0 Å². The molecule has 0 radical (unpaired) electrons. The number of carbonyl (C=O) groups excluding carboxylic acids is 1. The lowest BCUT2D eigenvalue weighted by atomic mass is 9.49. The lowest BCUT2D eigenvalue weighted by Crippen LogP contribution is -2.51. The van der Waals surface area contributed by atoms with Crippen molar-refractivity contribution in [2.45, 2.75) is 52.4 Å². The van der Waals surface area contributed by atoms with E-state index < -0.39 is 0 Å². The molecule has 0 N–H and O–H groups in total. The zero-order valence-corrected chi connectivity index (χ0v) is 17.3. The van der Waals surface area contributed by atoms with E-state index in [1.807, 2.05) is 17.6 Å². The number of fused-ring (bicyclic) bond motifs is 1. The quantitative estimate of drug-likeness (QED) is 0.529. The minimum Gasteiger partial charge on any atom is -0.273 e. The normalized spacial score (nSPS) is 30.2. The van der Waals surface area contributed by atoms with E-state index in [1.165, 1.54) is 19.3 Å². The minimum atomic E-state index is -0.178. The van der Waals surface area contributed by atoms with Gasteiger partial charge in [-0.15, -0.1) is 0 Å². The number of hydrogen-bond acceptors (Lipinski definition) is 2. The van der Waals surface area contributed by atoms with Gasteiger partial charge < -0.3 is 0 Å². The van der Waals surface area contributed by atoms with Gasteiger partial charge in [-0.05, 0) is 93.4 Å². The Morgan fingerprint density at radius 3 is 2.17 bits per heavy atom. The summed E-state index contributed by atoms with van der Waals surface area (Å²) in [6.45, 7) is 4.16.